The van der Waals surface area contributed by atoms with Crippen molar-refractivity contribution in [1.29, 1.82) is 0 Å². The molecule has 0 saturated carbocycles. The molecule has 0 spiro atoms. The quantitative estimate of drug-likeness (QED) is 0.561. The van der Waals surface area contributed by atoms with Crippen molar-refractivity contribution in [3.63, 3.8) is 0 Å². The minimum atomic E-state index is -0.154. The smallest absolute Gasteiger partial charge is 0.234 e. The van der Waals surface area contributed by atoms with Gasteiger partial charge in [0.05, 0.1) is 25.0 Å². The van der Waals surface area contributed by atoms with E-state index in [-0.39, 0.29) is 35.6 Å². The van der Waals surface area contributed by atoms with Crippen LogP contribution in [0.3, 0.4) is 0 Å². The van der Waals surface area contributed by atoms with Gasteiger partial charge in [0, 0.05) is 32.2 Å². The summed E-state index contributed by atoms with van der Waals surface area (Å²) in [4.78, 5) is 42.6. The average Bonchev–Trinajstić information content (AvgIpc) is 2.81. The summed E-state index contributed by atoms with van der Waals surface area (Å²) in [5, 5.41) is 2.90. The van der Waals surface area contributed by atoms with Crippen LogP contribution >= 0.6 is 0 Å². The highest BCUT2D eigenvalue weighted by molar-refractivity contribution is 6.05. The molecule has 138 valence electrons. The molecule has 0 aromatic heterocycles. The van der Waals surface area contributed by atoms with Crippen LogP contribution in [0.4, 0.5) is 0 Å². The first-order chi connectivity index (χ1) is 12.0. The van der Waals surface area contributed by atoms with Crippen molar-refractivity contribution < 1.29 is 14.4 Å². The number of nitrogens with zero attached hydrogens (tertiary/aromatic N) is 3. The summed E-state index contributed by atoms with van der Waals surface area (Å²) >= 11 is 0. The normalized spacial score (nSPS) is 27.9. The van der Waals surface area contributed by atoms with Gasteiger partial charge in [-0.05, 0) is 26.7 Å². The zero-order valence-corrected chi connectivity index (χ0v) is 15.1. The van der Waals surface area contributed by atoms with E-state index in [9.17, 15) is 14.4 Å². The van der Waals surface area contributed by atoms with Crippen molar-refractivity contribution >= 4 is 17.7 Å². The summed E-state index contributed by atoms with van der Waals surface area (Å²) in [5.74, 6) is -0.293. The van der Waals surface area contributed by atoms with Crippen LogP contribution in [0.15, 0.2) is 12.2 Å². The summed E-state index contributed by atoms with van der Waals surface area (Å²) in [6.07, 6.45) is 5.39. The van der Waals surface area contributed by atoms with Crippen molar-refractivity contribution in [2.75, 3.05) is 39.4 Å². The van der Waals surface area contributed by atoms with Gasteiger partial charge in [-0.1, -0.05) is 12.2 Å². The molecule has 0 aromatic rings. The number of likely N-dealkylation sites (tertiary alicyclic amines) is 1. The third-order valence-corrected chi connectivity index (χ3v) is 5.22. The molecule has 2 saturated heterocycles. The fourth-order valence-electron chi connectivity index (χ4n) is 3.87. The molecule has 2 unspecified atom stereocenters. The highest BCUT2D eigenvalue weighted by Gasteiger charge is 2.47. The van der Waals surface area contributed by atoms with Crippen molar-refractivity contribution in [2.24, 2.45) is 11.8 Å². The molecule has 2 aliphatic heterocycles. The Morgan fingerprint density at radius 2 is 1.56 bits per heavy atom. The van der Waals surface area contributed by atoms with Crippen LogP contribution in [-0.4, -0.2) is 77.9 Å². The van der Waals surface area contributed by atoms with E-state index in [0.29, 0.717) is 26.1 Å². The van der Waals surface area contributed by atoms with Crippen LogP contribution in [0.25, 0.3) is 0 Å². The number of nitrogens with one attached hydrogen (secondary N) is 1. The van der Waals surface area contributed by atoms with Crippen molar-refractivity contribution in [2.45, 2.75) is 32.7 Å². The second-order valence-corrected chi connectivity index (χ2v) is 7.52. The number of amides is 3. The molecule has 0 radical (unpaired) electrons. The first-order valence-electron chi connectivity index (χ1n) is 9.20. The molecule has 7 heteroatoms. The molecule has 1 N–H and O–H groups in total. The predicted octanol–water partition coefficient (Wildman–Crippen LogP) is 0.0373. The Hall–Kier alpha value is -1.73. The van der Waals surface area contributed by atoms with Gasteiger partial charge in [0.2, 0.25) is 17.7 Å². The Balaban J connectivity index is 1.47. The van der Waals surface area contributed by atoms with Gasteiger partial charge in [0.1, 0.15) is 0 Å². The number of hydrogen-bond donors (Lipinski definition) is 1. The first kappa shape index (κ1) is 18.1. The molecule has 2 heterocycles. The molecular formula is C18H28N4O3. The standard InChI is InChI=1S/C18H28N4O3/c1-13(2)19-16(23)11-20-7-9-21(10-8-20)12-22-17(24)14-5-3-4-6-15(14)18(22)25/h3-4,13-15H,5-12H2,1-2H3,(H,19,23). The van der Waals surface area contributed by atoms with Gasteiger partial charge in [0.25, 0.3) is 0 Å². The highest BCUT2D eigenvalue weighted by atomic mass is 16.2. The lowest BCUT2D eigenvalue weighted by molar-refractivity contribution is -0.142. The van der Waals surface area contributed by atoms with Gasteiger partial charge in [-0.2, -0.15) is 0 Å². The van der Waals surface area contributed by atoms with Crippen LogP contribution in [0.2, 0.25) is 0 Å². The highest BCUT2D eigenvalue weighted by Crippen LogP contribution is 2.35. The number of rotatable bonds is 5. The van der Waals surface area contributed by atoms with E-state index in [1.807, 2.05) is 26.0 Å². The van der Waals surface area contributed by atoms with E-state index in [1.165, 1.54) is 4.90 Å². The van der Waals surface area contributed by atoms with E-state index >= 15 is 0 Å². The predicted molar refractivity (Wildman–Crippen MR) is 93.4 cm³/mol. The number of hydrogen-bond acceptors (Lipinski definition) is 5. The largest absolute Gasteiger partial charge is 0.353 e. The Morgan fingerprint density at radius 1 is 1.04 bits per heavy atom. The fourth-order valence-corrected chi connectivity index (χ4v) is 3.87. The third-order valence-electron chi connectivity index (χ3n) is 5.22. The van der Waals surface area contributed by atoms with Gasteiger partial charge in [0.15, 0.2) is 0 Å². The van der Waals surface area contributed by atoms with Gasteiger partial charge in [-0.3, -0.25) is 29.1 Å². The topological polar surface area (TPSA) is 73.0 Å². The minimum Gasteiger partial charge on any atom is -0.353 e. The Bertz CT molecular complexity index is 541. The minimum absolute atomic E-state index is 0.0157. The van der Waals surface area contributed by atoms with Crippen molar-refractivity contribution in [3.8, 4) is 0 Å². The molecule has 25 heavy (non-hydrogen) atoms. The van der Waals surface area contributed by atoms with Gasteiger partial charge in [-0.15, -0.1) is 0 Å². The van der Waals surface area contributed by atoms with E-state index < -0.39 is 0 Å². The van der Waals surface area contributed by atoms with Crippen LogP contribution in [0.1, 0.15) is 26.7 Å². The lowest BCUT2D eigenvalue weighted by Gasteiger charge is -2.36. The maximum atomic E-state index is 12.5. The van der Waals surface area contributed by atoms with Gasteiger partial charge < -0.3 is 5.32 Å². The van der Waals surface area contributed by atoms with Crippen LogP contribution in [0, 0.1) is 11.8 Å². The third kappa shape index (κ3) is 4.10. The molecule has 2 atom stereocenters. The van der Waals surface area contributed by atoms with E-state index in [2.05, 4.69) is 15.1 Å². The number of carbonyl (C=O) groups excluding carboxylic acids is 3. The van der Waals surface area contributed by atoms with Crippen molar-refractivity contribution in [1.82, 2.24) is 20.0 Å². The van der Waals surface area contributed by atoms with Crippen LogP contribution in [0.5, 0.6) is 0 Å². The molecule has 3 aliphatic rings. The van der Waals surface area contributed by atoms with Gasteiger partial charge in [-0.25, -0.2) is 0 Å². The number of piperazine rings is 1. The molecular weight excluding hydrogens is 320 g/mol. The number of imide groups is 1. The maximum absolute atomic E-state index is 12.5. The van der Waals surface area contributed by atoms with Gasteiger partial charge >= 0.3 is 0 Å². The Kier molecular flexibility index (Phi) is 5.54. The average molecular weight is 348 g/mol. The monoisotopic (exact) mass is 348 g/mol. The molecule has 1 aliphatic carbocycles. The summed E-state index contributed by atoms with van der Waals surface area (Å²) in [5.41, 5.74) is 0. The lowest BCUT2D eigenvalue weighted by atomic mass is 9.85. The molecule has 0 aromatic carbocycles. The van der Waals surface area contributed by atoms with E-state index in [4.69, 9.17) is 0 Å². The summed E-state index contributed by atoms with van der Waals surface area (Å²) < 4.78 is 0. The maximum Gasteiger partial charge on any atom is 0.234 e. The van der Waals surface area contributed by atoms with Crippen LogP contribution < -0.4 is 5.32 Å². The summed E-state index contributed by atoms with van der Waals surface area (Å²) in [7, 11) is 0. The second kappa shape index (κ2) is 7.66. The van der Waals surface area contributed by atoms with Crippen LogP contribution in [-0.2, 0) is 14.4 Å². The molecule has 0 bridgehead atoms. The fraction of sp³-hybridized carbons (Fsp3) is 0.722. The molecule has 7 nitrogen and oxygen atoms in total. The zero-order chi connectivity index (χ0) is 18.0. The Labute approximate surface area is 149 Å². The summed E-state index contributed by atoms with van der Waals surface area (Å²) in [6.45, 7) is 7.77. The second-order valence-electron chi connectivity index (χ2n) is 7.52. The Morgan fingerprint density at radius 3 is 2.08 bits per heavy atom. The van der Waals surface area contributed by atoms with Crippen molar-refractivity contribution in [3.05, 3.63) is 12.2 Å². The number of fused-ring (bicyclic) bond motifs is 1. The first-order valence-corrected chi connectivity index (χ1v) is 9.20. The van der Waals surface area contributed by atoms with E-state index in [0.717, 1.165) is 26.2 Å². The van der Waals surface area contributed by atoms with E-state index in [1.54, 1.807) is 0 Å². The lowest BCUT2D eigenvalue weighted by Crippen LogP contribution is -2.53. The number of allylic oxidation sites excluding steroid dienone is 2. The molecule has 3 amide bonds. The molecule has 2 fully saturated rings. The number of carbonyl (C=O) groups is 3. The SMILES string of the molecule is CC(C)NC(=O)CN1CCN(CN2C(=O)C3CC=CCC3C2=O)CC1. The summed E-state index contributed by atoms with van der Waals surface area (Å²) in [6, 6.07) is 0.152. The molecule has 3 rings (SSSR count). The zero-order valence-electron chi connectivity index (χ0n) is 15.1.